The Bertz CT molecular complexity index is 110. The van der Waals surface area contributed by atoms with Crippen molar-refractivity contribution in [2.75, 3.05) is 5.75 Å². The highest BCUT2D eigenvalue weighted by atomic mass is 32.2. The Labute approximate surface area is 63.5 Å². The largest absolute Gasteiger partial charge is 0.379 e. The molecule has 1 rings (SSSR count). The van der Waals surface area contributed by atoms with E-state index in [4.69, 9.17) is 11.1 Å². The van der Waals surface area contributed by atoms with Gasteiger partial charge in [-0.05, 0) is 18.6 Å². The van der Waals surface area contributed by atoms with Crippen LogP contribution in [0.5, 0.6) is 0 Å². The van der Waals surface area contributed by atoms with Crippen LogP contribution in [0.4, 0.5) is 0 Å². The van der Waals surface area contributed by atoms with Crippen molar-refractivity contribution in [3.05, 3.63) is 0 Å². The number of hydrogen-bond acceptors (Lipinski definition) is 3. The zero-order chi connectivity index (χ0) is 6.69. The van der Waals surface area contributed by atoms with Crippen LogP contribution in [0.25, 0.3) is 0 Å². The third kappa shape index (κ3) is 2.49. The quantitative estimate of drug-likeness (QED) is 0.453. The van der Waals surface area contributed by atoms with E-state index in [0.717, 1.165) is 0 Å². The molecule has 1 heterocycles. The van der Waals surface area contributed by atoms with E-state index >= 15 is 0 Å². The van der Waals surface area contributed by atoms with Gasteiger partial charge < -0.3 is 5.73 Å². The maximum Gasteiger partial charge on any atom is 0.152 e. The summed E-state index contributed by atoms with van der Waals surface area (Å²) in [4.78, 5) is 0. The van der Waals surface area contributed by atoms with Crippen LogP contribution in [-0.2, 0) is 0 Å². The van der Waals surface area contributed by atoms with Crippen LogP contribution in [-0.4, -0.2) is 15.5 Å². The van der Waals surface area contributed by atoms with Crippen LogP contribution in [0, 0.1) is 5.41 Å². The average molecular weight is 162 g/mol. The fourth-order valence-electron chi connectivity index (χ4n) is 0.783. The van der Waals surface area contributed by atoms with Gasteiger partial charge in [-0.15, -0.1) is 11.8 Å². The molecular weight excluding hydrogens is 152 g/mol. The van der Waals surface area contributed by atoms with Gasteiger partial charge in [-0.2, -0.15) is 0 Å². The van der Waals surface area contributed by atoms with Crippen LogP contribution in [0.3, 0.4) is 0 Å². The molecule has 0 amide bonds. The number of hydrogen-bond donors (Lipinski definition) is 2. The van der Waals surface area contributed by atoms with Gasteiger partial charge >= 0.3 is 0 Å². The van der Waals surface area contributed by atoms with E-state index in [1.54, 1.807) is 0 Å². The third-order valence-corrected chi connectivity index (χ3v) is 3.73. The van der Waals surface area contributed by atoms with Gasteiger partial charge in [0, 0.05) is 0 Å². The summed E-state index contributed by atoms with van der Waals surface area (Å²) >= 11 is 3.40. The van der Waals surface area contributed by atoms with Gasteiger partial charge in [0.1, 0.15) is 0 Å². The van der Waals surface area contributed by atoms with Crippen LogP contribution in [0.15, 0.2) is 0 Å². The maximum absolute atomic E-state index is 6.99. The second-order valence-electron chi connectivity index (χ2n) is 1.92. The summed E-state index contributed by atoms with van der Waals surface area (Å²) in [5, 5.41) is 7.25. The van der Waals surface area contributed by atoms with Crippen LogP contribution >= 0.6 is 23.5 Å². The number of nitrogens with two attached hydrogens (primary N) is 1. The van der Waals surface area contributed by atoms with Crippen LogP contribution in [0.2, 0.25) is 0 Å². The van der Waals surface area contributed by atoms with Crippen molar-refractivity contribution in [2.24, 2.45) is 5.73 Å². The maximum atomic E-state index is 6.99. The van der Waals surface area contributed by atoms with Crippen molar-refractivity contribution >= 4 is 28.7 Å². The predicted octanol–water partition coefficient (Wildman–Crippen LogP) is 1.47. The van der Waals surface area contributed by atoms with Crippen molar-refractivity contribution < 1.29 is 0 Å². The first-order valence-corrected chi connectivity index (χ1v) is 4.84. The van der Waals surface area contributed by atoms with Gasteiger partial charge in [0.15, 0.2) is 5.17 Å². The van der Waals surface area contributed by atoms with Gasteiger partial charge in [-0.1, -0.05) is 11.8 Å². The van der Waals surface area contributed by atoms with E-state index in [2.05, 4.69) is 0 Å². The Hall–Kier alpha value is 0.170. The Morgan fingerprint density at radius 1 is 1.78 bits per heavy atom. The molecule has 0 radical (unpaired) electrons. The van der Waals surface area contributed by atoms with E-state index < -0.39 is 0 Å². The Balaban J connectivity index is 2.19. The SMILES string of the molecule is N=C(N)SC1CCCS1. The summed E-state index contributed by atoms with van der Waals surface area (Å²) in [6, 6.07) is 0. The van der Waals surface area contributed by atoms with Gasteiger partial charge in [0.25, 0.3) is 0 Å². The lowest BCUT2D eigenvalue weighted by Gasteiger charge is -2.03. The lowest BCUT2D eigenvalue weighted by atomic mass is 10.4. The Kier molecular flexibility index (Phi) is 2.72. The van der Waals surface area contributed by atoms with Gasteiger partial charge in [0.2, 0.25) is 0 Å². The number of thioether (sulfide) groups is 2. The highest BCUT2D eigenvalue weighted by Gasteiger charge is 2.16. The van der Waals surface area contributed by atoms with E-state index in [-0.39, 0.29) is 5.17 Å². The summed E-state index contributed by atoms with van der Waals surface area (Å²) in [5.74, 6) is 1.24. The molecule has 1 aliphatic rings. The summed E-state index contributed by atoms with van der Waals surface area (Å²) in [6.45, 7) is 0. The van der Waals surface area contributed by atoms with Crippen LogP contribution < -0.4 is 5.73 Å². The Morgan fingerprint density at radius 3 is 3.00 bits per heavy atom. The first-order valence-electron chi connectivity index (χ1n) is 2.91. The fraction of sp³-hybridized carbons (Fsp3) is 0.800. The minimum absolute atomic E-state index is 0.259. The second-order valence-corrected chi connectivity index (χ2v) is 4.78. The third-order valence-electron chi connectivity index (χ3n) is 1.15. The van der Waals surface area contributed by atoms with E-state index in [9.17, 15) is 0 Å². The molecule has 0 aromatic carbocycles. The van der Waals surface area contributed by atoms with E-state index in [1.807, 2.05) is 11.8 Å². The van der Waals surface area contributed by atoms with Gasteiger partial charge in [-0.3, -0.25) is 5.41 Å². The molecule has 0 bridgehead atoms. The van der Waals surface area contributed by atoms with Gasteiger partial charge in [0.05, 0.1) is 4.58 Å². The molecule has 0 saturated carbocycles. The van der Waals surface area contributed by atoms with Crippen molar-refractivity contribution in [1.29, 1.82) is 5.41 Å². The molecule has 1 saturated heterocycles. The molecule has 2 nitrogen and oxygen atoms in total. The predicted molar refractivity (Wildman–Crippen MR) is 45.0 cm³/mol. The highest BCUT2D eigenvalue weighted by molar-refractivity contribution is 8.24. The van der Waals surface area contributed by atoms with Crippen molar-refractivity contribution in [3.63, 3.8) is 0 Å². The summed E-state index contributed by atoms with van der Waals surface area (Å²) in [6.07, 6.45) is 2.50. The minimum Gasteiger partial charge on any atom is -0.379 e. The zero-order valence-electron chi connectivity index (χ0n) is 5.09. The van der Waals surface area contributed by atoms with Gasteiger partial charge in [-0.25, -0.2) is 0 Å². The summed E-state index contributed by atoms with van der Waals surface area (Å²) in [7, 11) is 0. The normalized spacial score (nSPS) is 26.4. The first-order chi connectivity index (χ1) is 4.29. The van der Waals surface area contributed by atoms with E-state index in [0.29, 0.717) is 4.58 Å². The van der Waals surface area contributed by atoms with Crippen molar-refractivity contribution in [2.45, 2.75) is 17.4 Å². The molecule has 9 heavy (non-hydrogen) atoms. The molecule has 1 atom stereocenters. The smallest absolute Gasteiger partial charge is 0.152 e. The monoisotopic (exact) mass is 162 g/mol. The highest BCUT2D eigenvalue weighted by Crippen LogP contribution is 2.34. The summed E-state index contributed by atoms with van der Waals surface area (Å²) < 4.78 is 0.572. The average Bonchev–Trinajstić information content (AvgIpc) is 2.15. The molecule has 0 aliphatic carbocycles. The molecule has 3 N–H and O–H groups in total. The lowest BCUT2D eigenvalue weighted by Crippen LogP contribution is -2.07. The number of nitrogens with one attached hydrogen (secondary N) is 1. The zero-order valence-corrected chi connectivity index (χ0v) is 6.73. The standard InChI is InChI=1S/C5H10N2S2/c6-5(7)9-4-2-1-3-8-4/h4H,1-3H2,(H3,6,7). The van der Waals surface area contributed by atoms with Crippen LogP contribution in [0.1, 0.15) is 12.8 Å². The summed E-state index contributed by atoms with van der Waals surface area (Å²) in [5.41, 5.74) is 5.21. The van der Waals surface area contributed by atoms with E-state index in [1.165, 1.54) is 30.4 Å². The molecule has 1 aliphatic heterocycles. The molecule has 0 spiro atoms. The molecule has 1 unspecified atom stereocenters. The lowest BCUT2D eigenvalue weighted by molar-refractivity contribution is 0.926. The molecule has 0 aromatic rings. The first kappa shape index (κ1) is 7.28. The fourth-order valence-corrected chi connectivity index (χ4v) is 3.15. The van der Waals surface area contributed by atoms with Crippen molar-refractivity contribution in [1.82, 2.24) is 0 Å². The number of amidine groups is 1. The number of rotatable bonds is 1. The second kappa shape index (κ2) is 3.37. The Morgan fingerprint density at radius 2 is 2.56 bits per heavy atom. The molecule has 0 aromatic heterocycles. The topological polar surface area (TPSA) is 49.9 Å². The molecule has 1 fully saturated rings. The molecule has 52 valence electrons. The minimum atomic E-state index is 0.259. The molecule has 4 heteroatoms. The van der Waals surface area contributed by atoms with Crippen molar-refractivity contribution in [3.8, 4) is 0 Å². The molecular formula is C5H10N2S2.